The molecule has 0 radical (unpaired) electrons. The van der Waals surface area contributed by atoms with Crippen LogP contribution in [0.15, 0.2) is 12.2 Å². The van der Waals surface area contributed by atoms with Crippen LogP contribution in [0.25, 0.3) is 0 Å². The van der Waals surface area contributed by atoms with Crippen LogP contribution >= 0.6 is 0 Å². The number of carboxylic acids is 1. The van der Waals surface area contributed by atoms with E-state index < -0.39 is 5.97 Å². The molecule has 28 heavy (non-hydrogen) atoms. The SMILES string of the molecule is C[C@H](CCC(=O)O)[C@H]1CC[C@H]2[C@@H]3[C@@H](O)C[C@@H]4C[C@H](O)CC[C@]4(C)[C@H]3C=C[C@]12C. The van der Waals surface area contributed by atoms with Crippen molar-refractivity contribution in [3.63, 3.8) is 0 Å². The lowest BCUT2D eigenvalue weighted by molar-refractivity contribution is -0.138. The molecule has 3 fully saturated rings. The molecule has 0 aromatic carbocycles. The molecule has 4 heteroatoms. The van der Waals surface area contributed by atoms with E-state index in [1.807, 2.05) is 0 Å². The number of fused-ring (bicyclic) bond motifs is 5. The summed E-state index contributed by atoms with van der Waals surface area (Å²) in [5.74, 6) is 1.80. The summed E-state index contributed by atoms with van der Waals surface area (Å²) in [7, 11) is 0. The summed E-state index contributed by atoms with van der Waals surface area (Å²) in [6.07, 6.45) is 11.3. The van der Waals surface area contributed by atoms with Gasteiger partial charge in [0.15, 0.2) is 0 Å². The zero-order valence-electron chi connectivity index (χ0n) is 17.7. The Kier molecular flexibility index (Phi) is 5.19. The topological polar surface area (TPSA) is 77.8 Å². The molecule has 3 saturated carbocycles. The Morgan fingerprint density at radius 2 is 1.93 bits per heavy atom. The summed E-state index contributed by atoms with van der Waals surface area (Å²) in [4.78, 5) is 11.0. The molecule has 4 aliphatic carbocycles. The van der Waals surface area contributed by atoms with Gasteiger partial charge in [0.2, 0.25) is 0 Å². The number of rotatable bonds is 4. The number of allylic oxidation sites excluding steroid dienone is 2. The highest BCUT2D eigenvalue weighted by Gasteiger charge is 2.61. The summed E-state index contributed by atoms with van der Waals surface area (Å²) < 4.78 is 0. The maximum absolute atomic E-state index is 11.2. The second kappa shape index (κ2) is 7.12. The average molecular weight is 391 g/mol. The van der Waals surface area contributed by atoms with Crippen molar-refractivity contribution in [3.8, 4) is 0 Å². The number of hydrogen-bond acceptors (Lipinski definition) is 3. The first-order valence-electron chi connectivity index (χ1n) is 11.4. The van der Waals surface area contributed by atoms with Gasteiger partial charge < -0.3 is 15.3 Å². The first kappa shape index (κ1) is 20.4. The predicted molar refractivity (Wildman–Crippen MR) is 109 cm³/mol. The van der Waals surface area contributed by atoms with Crippen LogP contribution in [0.4, 0.5) is 0 Å². The van der Waals surface area contributed by atoms with Gasteiger partial charge in [-0.15, -0.1) is 0 Å². The van der Waals surface area contributed by atoms with E-state index in [2.05, 4.69) is 32.9 Å². The van der Waals surface area contributed by atoms with Gasteiger partial charge in [-0.1, -0.05) is 32.9 Å². The van der Waals surface area contributed by atoms with E-state index in [-0.39, 0.29) is 29.5 Å². The van der Waals surface area contributed by atoms with E-state index in [9.17, 15) is 15.0 Å². The number of hydrogen-bond donors (Lipinski definition) is 3. The Balaban J connectivity index is 1.61. The average Bonchev–Trinajstić information content (AvgIpc) is 2.98. The van der Waals surface area contributed by atoms with E-state index in [0.29, 0.717) is 35.5 Å². The summed E-state index contributed by atoms with van der Waals surface area (Å²) in [5.41, 5.74) is 0.255. The molecule has 10 atom stereocenters. The molecule has 0 aromatic heterocycles. The first-order chi connectivity index (χ1) is 13.2. The minimum Gasteiger partial charge on any atom is -0.481 e. The maximum atomic E-state index is 11.2. The third kappa shape index (κ3) is 3.06. The van der Waals surface area contributed by atoms with Gasteiger partial charge in [0.25, 0.3) is 0 Å². The van der Waals surface area contributed by atoms with Gasteiger partial charge in [0.05, 0.1) is 12.2 Å². The fraction of sp³-hybridized carbons (Fsp3) is 0.875. The van der Waals surface area contributed by atoms with E-state index in [1.54, 1.807) is 0 Å². The molecule has 0 amide bonds. The molecular weight excluding hydrogens is 352 g/mol. The summed E-state index contributed by atoms with van der Waals surface area (Å²) in [6, 6.07) is 0. The van der Waals surface area contributed by atoms with Crippen LogP contribution < -0.4 is 0 Å². The highest BCUT2D eigenvalue weighted by molar-refractivity contribution is 5.66. The largest absolute Gasteiger partial charge is 0.481 e. The molecule has 0 aromatic rings. The quantitative estimate of drug-likeness (QED) is 0.627. The number of aliphatic hydroxyl groups excluding tert-OH is 2. The van der Waals surface area contributed by atoms with Gasteiger partial charge in [-0.25, -0.2) is 0 Å². The molecule has 0 aliphatic heterocycles. The number of carboxylic acid groups (broad SMARTS) is 1. The van der Waals surface area contributed by atoms with Gasteiger partial charge in [-0.3, -0.25) is 4.79 Å². The summed E-state index contributed by atoms with van der Waals surface area (Å²) in [5, 5.41) is 30.5. The fourth-order valence-corrected chi connectivity index (χ4v) is 8.07. The molecule has 0 bridgehead atoms. The Morgan fingerprint density at radius 1 is 1.18 bits per heavy atom. The Morgan fingerprint density at radius 3 is 2.64 bits per heavy atom. The third-order valence-corrected chi connectivity index (χ3v) is 9.67. The molecule has 0 saturated heterocycles. The lowest BCUT2D eigenvalue weighted by atomic mass is 9.46. The summed E-state index contributed by atoms with van der Waals surface area (Å²) >= 11 is 0. The van der Waals surface area contributed by atoms with Crippen LogP contribution in [0.5, 0.6) is 0 Å². The van der Waals surface area contributed by atoms with Crippen molar-refractivity contribution in [2.45, 2.75) is 84.3 Å². The molecular formula is C24H38O4. The van der Waals surface area contributed by atoms with E-state index >= 15 is 0 Å². The van der Waals surface area contributed by atoms with E-state index in [0.717, 1.165) is 44.9 Å². The van der Waals surface area contributed by atoms with Crippen LogP contribution in [0.1, 0.15) is 72.1 Å². The van der Waals surface area contributed by atoms with Gasteiger partial charge in [0.1, 0.15) is 0 Å². The normalized spacial score (nSPS) is 51.1. The van der Waals surface area contributed by atoms with Gasteiger partial charge >= 0.3 is 5.97 Å². The van der Waals surface area contributed by atoms with Crippen LogP contribution in [0.3, 0.4) is 0 Å². The molecule has 4 rings (SSSR count). The predicted octanol–water partition coefficient (Wildman–Crippen LogP) is 4.25. The zero-order chi connectivity index (χ0) is 20.3. The zero-order valence-corrected chi connectivity index (χ0v) is 17.7. The highest BCUT2D eigenvalue weighted by atomic mass is 16.4. The monoisotopic (exact) mass is 390 g/mol. The minimum absolute atomic E-state index is 0.0669. The van der Waals surface area contributed by atoms with Crippen molar-refractivity contribution in [3.05, 3.63) is 12.2 Å². The first-order valence-corrected chi connectivity index (χ1v) is 11.4. The van der Waals surface area contributed by atoms with Crippen LogP contribution in [0.2, 0.25) is 0 Å². The molecule has 158 valence electrons. The number of aliphatic carboxylic acids is 1. The fourth-order valence-electron chi connectivity index (χ4n) is 8.07. The molecule has 0 heterocycles. The smallest absolute Gasteiger partial charge is 0.303 e. The Labute approximate surface area is 169 Å². The minimum atomic E-state index is -0.702. The van der Waals surface area contributed by atoms with Crippen molar-refractivity contribution in [2.75, 3.05) is 0 Å². The number of carbonyl (C=O) groups is 1. The molecule has 0 spiro atoms. The van der Waals surface area contributed by atoms with Crippen LogP contribution in [-0.4, -0.2) is 33.5 Å². The second-order valence-corrected chi connectivity index (χ2v) is 11.0. The van der Waals surface area contributed by atoms with Gasteiger partial charge in [0, 0.05) is 6.42 Å². The molecule has 3 N–H and O–H groups in total. The standard InChI is InChI=1S/C24H38O4/c1-14(4-7-21(27)28)17-5-6-18-22-19(9-11-24(17,18)3)23(2)10-8-16(25)12-15(23)13-20(22)26/h9,11,14-20,22,25-26H,4-8,10,12-13H2,1-3H3,(H,27,28)/t14-,15+,16-,17-,18+,19+,20+,22+,23+,24-/m1/s1. The van der Waals surface area contributed by atoms with Gasteiger partial charge in [-0.05, 0) is 91.3 Å². The lowest BCUT2D eigenvalue weighted by Crippen LogP contribution is -2.57. The van der Waals surface area contributed by atoms with E-state index in [1.165, 1.54) is 0 Å². The molecule has 0 unspecified atom stereocenters. The van der Waals surface area contributed by atoms with Crippen LogP contribution in [-0.2, 0) is 4.79 Å². The highest BCUT2D eigenvalue weighted by Crippen LogP contribution is 2.66. The lowest BCUT2D eigenvalue weighted by Gasteiger charge is -2.60. The van der Waals surface area contributed by atoms with Crippen molar-refractivity contribution < 1.29 is 20.1 Å². The summed E-state index contributed by atoms with van der Waals surface area (Å²) in [6.45, 7) is 6.99. The van der Waals surface area contributed by atoms with E-state index in [4.69, 9.17) is 5.11 Å². The van der Waals surface area contributed by atoms with Crippen molar-refractivity contribution in [1.29, 1.82) is 0 Å². The van der Waals surface area contributed by atoms with Crippen molar-refractivity contribution in [1.82, 2.24) is 0 Å². The molecule has 4 nitrogen and oxygen atoms in total. The Hall–Kier alpha value is -0.870. The maximum Gasteiger partial charge on any atom is 0.303 e. The van der Waals surface area contributed by atoms with Crippen molar-refractivity contribution in [2.24, 2.45) is 46.3 Å². The third-order valence-electron chi connectivity index (χ3n) is 9.67. The number of aliphatic hydroxyl groups is 2. The Bertz CT molecular complexity index is 645. The van der Waals surface area contributed by atoms with Crippen LogP contribution in [0, 0.1) is 46.3 Å². The second-order valence-electron chi connectivity index (χ2n) is 11.0. The molecule has 4 aliphatic rings. The van der Waals surface area contributed by atoms with Crippen molar-refractivity contribution >= 4 is 5.97 Å². The van der Waals surface area contributed by atoms with Gasteiger partial charge in [-0.2, -0.15) is 0 Å².